The lowest BCUT2D eigenvalue weighted by molar-refractivity contribution is -0.139. The quantitative estimate of drug-likeness (QED) is 0.342. The zero-order chi connectivity index (χ0) is 22.1. The average molecular weight is 419 g/mol. The predicted molar refractivity (Wildman–Crippen MR) is 119 cm³/mol. The van der Waals surface area contributed by atoms with Crippen LogP contribution in [0.3, 0.4) is 0 Å². The number of ether oxygens (including phenoxy) is 3. The number of carbonyl (C=O) groups is 1. The fourth-order valence-corrected chi connectivity index (χ4v) is 3.00. The molecule has 160 valence electrons. The van der Waals surface area contributed by atoms with Gasteiger partial charge in [-0.1, -0.05) is 36.4 Å². The average Bonchev–Trinajstić information content (AvgIpc) is 2.82. The highest BCUT2D eigenvalue weighted by molar-refractivity contribution is 5.76. The van der Waals surface area contributed by atoms with Crippen molar-refractivity contribution in [1.82, 2.24) is 0 Å². The van der Waals surface area contributed by atoms with Crippen molar-refractivity contribution in [2.24, 2.45) is 5.11 Å². The number of anilines is 1. The van der Waals surface area contributed by atoms with Crippen molar-refractivity contribution in [1.29, 1.82) is 5.53 Å². The number of hydrogen-bond donors (Lipinski definition) is 1. The molecule has 0 aliphatic rings. The third-order valence-corrected chi connectivity index (χ3v) is 4.66. The van der Waals surface area contributed by atoms with E-state index in [1.807, 2.05) is 72.5 Å². The van der Waals surface area contributed by atoms with Crippen molar-refractivity contribution in [3.05, 3.63) is 78.9 Å². The molecule has 0 aromatic heterocycles. The van der Waals surface area contributed by atoms with Gasteiger partial charge in [0.25, 0.3) is 0 Å². The first-order valence-electron chi connectivity index (χ1n) is 9.86. The van der Waals surface area contributed by atoms with E-state index >= 15 is 0 Å². The smallest absolute Gasteiger partial charge is 0.325 e. The topological polar surface area (TPSA) is 84.2 Å². The molecule has 0 saturated heterocycles. The monoisotopic (exact) mass is 419 g/mol. The van der Waals surface area contributed by atoms with Crippen LogP contribution in [0, 0.1) is 5.53 Å². The normalized spacial score (nSPS) is 11.3. The summed E-state index contributed by atoms with van der Waals surface area (Å²) in [6, 6.07) is 23.9. The van der Waals surface area contributed by atoms with Gasteiger partial charge in [-0.3, -0.25) is 4.79 Å². The van der Waals surface area contributed by atoms with Gasteiger partial charge in [0.15, 0.2) is 5.75 Å². The van der Waals surface area contributed by atoms with Crippen LogP contribution in [0.4, 0.5) is 11.4 Å². The summed E-state index contributed by atoms with van der Waals surface area (Å²) in [5.41, 5.74) is 8.57. The first-order chi connectivity index (χ1) is 15.1. The van der Waals surface area contributed by atoms with Crippen LogP contribution >= 0.6 is 0 Å². The Labute approximate surface area is 181 Å². The highest BCUT2D eigenvalue weighted by Gasteiger charge is 2.21. The Balaban J connectivity index is 1.85. The number of hydrogen-bond acceptors (Lipinski definition) is 7. The lowest BCUT2D eigenvalue weighted by Crippen LogP contribution is -2.41. The molecule has 1 N–H and O–H groups in total. The Bertz CT molecular complexity index is 996. The van der Waals surface area contributed by atoms with Gasteiger partial charge in [-0.15, -0.1) is 0 Å². The van der Waals surface area contributed by atoms with E-state index in [0.717, 1.165) is 11.4 Å². The maximum absolute atomic E-state index is 12.1. The molecule has 7 nitrogen and oxygen atoms in total. The molecule has 0 aliphatic carbocycles. The predicted octanol–water partition coefficient (Wildman–Crippen LogP) is 5.59. The van der Waals surface area contributed by atoms with Gasteiger partial charge in [0, 0.05) is 11.8 Å². The molecular formula is C24H25N3O4. The minimum atomic E-state index is -0.369. The van der Waals surface area contributed by atoms with Gasteiger partial charge in [-0.2, -0.15) is 5.11 Å². The molecule has 31 heavy (non-hydrogen) atoms. The molecule has 3 aromatic rings. The van der Waals surface area contributed by atoms with Gasteiger partial charge in [-0.05, 0) is 43.3 Å². The van der Waals surface area contributed by atoms with Crippen LogP contribution in [0.1, 0.15) is 6.92 Å². The van der Waals surface area contributed by atoms with E-state index in [-0.39, 0.29) is 18.6 Å². The SMILES string of the molecule is COC(=O)CN(c1ccc(N=N)c(Oc2ccccc2)c1)C(C)COc1ccccc1. The number of para-hydroxylation sites is 2. The maximum atomic E-state index is 12.1. The lowest BCUT2D eigenvalue weighted by atomic mass is 10.2. The van der Waals surface area contributed by atoms with E-state index in [4.69, 9.17) is 19.7 Å². The van der Waals surface area contributed by atoms with E-state index in [0.29, 0.717) is 23.8 Å². The van der Waals surface area contributed by atoms with Crippen molar-refractivity contribution in [2.75, 3.05) is 25.2 Å². The summed E-state index contributed by atoms with van der Waals surface area (Å²) in [6.45, 7) is 2.37. The molecule has 1 atom stereocenters. The van der Waals surface area contributed by atoms with Crippen LogP contribution in [-0.4, -0.2) is 32.3 Å². The summed E-state index contributed by atoms with van der Waals surface area (Å²) < 4.78 is 16.7. The van der Waals surface area contributed by atoms with E-state index < -0.39 is 0 Å². The molecule has 0 fully saturated rings. The number of nitrogens with one attached hydrogen (secondary N) is 1. The van der Waals surface area contributed by atoms with Crippen molar-refractivity contribution in [3.63, 3.8) is 0 Å². The van der Waals surface area contributed by atoms with Crippen LogP contribution in [-0.2, 0) is 9.53 Å². The molecule has 1 unspecified atom stereocenters. The van der Waals surface area contributed by atoms with Gasteiger partial charge in [0.1, 0.15) is 30.3 Å². The summed E-state index contributed by atoms with van der Waals surface area (Å²) in [4.78, 5) is 14.0. The molecule has 0 heterocycles. The summed E-state index contributed by atoms with van der Waals surface area (Å²) in [6.07, 6.45) is 0. The summed E-state index contributed by atoms with van der Waals surface area (Å²) >= 11 is 0. The second-order valence-electron chi connectivity index (χ2n) is 6.86. The second kappa shape index (κ2) is 10.8. The minimum absolute atomic E-state index is 0.0396. The largest absolute Gasteiger partial charge is 0.491 e. The van der Waals surface area contributed by atoms with Crippen LogP contribution in [0.2, 0.25) is 0 Å². The van der Waals surface area contributed by atoms with Crippen molar-refractivity contribution in [3.8, 4) is 17.2 Å². The van der Waals surface area contributed by atoms with Crippen molar-refractivity contribution in [2.45, 2.75) is 13.0 Å². The van der Waals surface area contributed by atoms with E-state index in [2.05, 4.69) is 5.11 Å². The van der Waals surface area contributed by atoms with E-state index in [9.17, 15) is 4.79 Å². The Kier molecular flexibility index (Phi) is 7.59. The molecule has 0 aliphatic heterocycles. The fraction of sp³-hybridized carbons (Fsp3) is 0.208. The number of esters is 1. The van der Waals surface area contributed by atoms with Crippen LogP contribution < -0.4 is 14.4 Å². The highest BCUT2D eigenvalue weighted by Crippen LogP contribution is 2.36. The molecular weight excluding hydrogens is 394 g/mol. The zero-order valence-electron chi connectivity index (χ0n) is 17.5. The van der Waals surface area contributed by atoms with E-state index in [1.54, 1.807) is 18.2 Å². The second-order valence-corrected chi connectivity index (χ2v) is 6.86. The number of benzene rings is 3. The van der Waals surface area contributed by atoms with Gasteiger partial charge < -0.3 is 19.1 Å². The summed E-state index contributed by atoms with van der Waals surface area (Å²) in [5.74, 6) is 1.43. The number of carbonyl (C=O) groups excluding carboxylic acids is 1. The highest BCUT2D eigenvalue weighted by atomic mass is 16.5. The Morgan fingerprint density at radius 3 is 2.26 bits per heavy atom. The number of nitrogens with zero attached hydrogens (tertiary/aromatic N) is 2. The summed E-state index contributed by atoms with van der Waals surface area (Å²) in [7, 11) is 1.36. The van der Waals surface area contributed by atoms with E-state index in [1.165, 1.54) is 7.11 Å². The molecule has 3 aromatic carbocycles. The number of methoxy groups -OCH3 is 1. The molecule has 0 radical (unpaired) electrons. The van der Waals surface area contributed by atoms with Gasteiger partial charge >= 0.3 is 5.97 Å². The maximum Gasteiger partial charge on any atom is 0.325 e. The molecule has 3 rings (SSSR count). The minimum Gasteiger partial charge on any atom is -0.491 e. The first kappa shape index (κ1) is 21.8. The van der Waals surface area contributed by atoms with Crippen LogP contribution in [0.15, 0.2) is 84.0 Å². The standard InChI is InChI=1S/C24H25N3O4/c1-18(17-30-20-9-5-3-6-10-20)27(16-24(28)29-2)19-13-14-22(26-25)23(15-19)31-21-11-7-4-8-12-21/h3-15,18,25H,16-17H2,1-2H3. The van der Waals surface area contributed by atoms with Gasteiger partial charge in [-0.25, -0.2) is 5.53 Å². The van der Waals surface area contributed by atoms with Gasteiger partial charge in [0.2, 0.25) is 0 Å². The molecule has 7 heteroatoms. The molecule has 0 spiro atoms. The summed E-state index contributed by atoms with van der Waals surface area (Å²) in [5, 5.41) is 3.56. The molecule has 0 amide bonds. The third-order valence-electron chi connectivity index (χ3n) is 4.66. The van der Waals surface area contributed by atoms with Crippen molar-refractivity contribution >= 4 is 17.3 Å². The molecule has 0 bridgehead atoms. The Hall–Kier alpha value is -3.87. The zero-order valence-corrected chi connectivity index (χ0v) is 17.5. The Morgan fingerprint density at radius 1 is 1.00 bits per heavy atom. The van der Waals surface area contributed by atoms with Gasteiger partial charge in [0.05, 0.1) is 13.2 Å². The fourth-order valence-electron chi connectivity index (χ4n) is 3.00. The number of rotatable bonds is 10. The van der Waals surface area contributed by atoms with Crippen LogP contribution in [0.25, 0.3) is 0 Å². The van der Waals surface area contributed by atoms with Crippen LogP contribution in [0.5, 0.6) is 17.2 Å². The first-order valence-corrected chi connectivity index (χ1v) is 9.86. The molecule has 0 saturated carbocycles. The lowest BCUT2D eigenvalue weighted by Gasteiger charge is -2.30. The third kappa shape index (κ3) is 6.05. The van der Waals surface area contributed by atoms with Crippen molar-refractivity contribution < 1.29 is 19.0 Å². The Morgan fingerprint density at radius 2 is 1.65 bits per heavy atom.